The van der Waals surface area contributed by atoms with Gasteiger partial charge in [0.2, 0.25) is 0 Å². The first-order valence-electron chi connectivity index (χ1n) is 6.32. The van der Waals surface area contributed by atoms with Crippen LogP contribution in [0.4, 0.5) is 5.82 Å². The molecule has 94 valence electrons. The first-order chi connectivity index (χ1) is 8.25. The van der Waals surface area contributed by atoms with Crippen molar-refractivity contribution in [3.63, 3.8) is 0 Å². The van der Waals surface area contributed by atoms with Crippen molar-refractivity contribution in [2.45, 2.75) is 6.92 Å². The van der Waals surface area contributed by atoms with Crippen LogP contribution >= 0.6 is 0 Å². The Morgan fingerprint density at radius 2 is 2.12 bits per heavy atom. The fourth-order valence-corrected chi connectivity index (χ4v) is 2.03. The lowest BCUT2D eigenvalue weighted by atomic mass is 10.3. The molecule has 0 radical (unpaired) electrons. The summed E-state index contributed by atoms with van der Waals surface area (Å²) in [4.78, 5) is 9.16. The minimum atomic E-state index is 1.04. The lowest BCUT2D eigenvalue weighted by Crippen LogP contribution is -2.46. The van der Waals surface area contributed by atoms with E-state index < -0.39 is 0 Å². The molecule has 1 N–H and O–H groups in total. The summed E-state index contributed by atoms with van der Waals surface area (Å²) in [5.74, 6) is 1.06. The van der Waals surface area contributed by atoms with Crippen LogP contribution in [0.15, 0.2) is 18.3 Å². The molecule has 0 unspecified atom stereocenters. The Bertz CT molecular complexity index is 330. The van der Waals surface area contributed by atoms with E-state index in [1.54, 1.807) is 0 Å². The number of pyridine rings is 1. The Kier molecular flexibility index (Phi) is 4.34. The van der Waals surface area contributed by atoms with E-state index in [4.69, 9.17) is 0 Å². The van der Waals surface area contributed by atoms with Crippen LogP contribution in [-0.2, 0) is 0 Å². The van der Waals surface area contributed by atoms with E-state index in [0.29, 0.717) is 0 Å². The summed E-state index contributed by atoms with van der Waals surface area (Å²) in [6.07, 6.45) is 1.93. The molecular weight excluding hydrogens is 212 g/mol. The molecular formula is C13H22N4. The van der Waals surface area contributed by atoms with E-state index in [0.717, 1.165) is 45.1 Å². The maximum atomic E-state index is 4.44. The molecule has 1 aromatic heterocycles. The molecule has 1 aliphatic rings. The third-order valence-electron chi connectivity index (χ3n) is 3.25. The Morgan fingerprint density at radius 3 is 2.76 bits per heavy atom. The largest absolute Gasteiger partial charge is 0.358 e. The van der Waals surface area contributed by atoms with Gasteiger partial charge in [-0.2, -0.15) is 0 Å². The zero-order chi connectivity index (χ0) is 12.1. The van der Waals surface area contributed by atoms with Gasteiger partial charge in [0.1, 0.15) is 5.82 Å². The predicted octanol–water partition coefficient (Wildman–Crippen LogP) is 0.731. The van der Waals surface area contributed by atoms with Gasteiger partial charge in [-0.1, -0.05) is 6.07 Å². The number of likely N-dealkylation sites (N-methyl/N-ethyl adjacent to an activating group) is 1. The first kappa shape index (κ1) is 12.3. The van der Waals surface area contributed by atoms with E-state index in [1.807, 2.05) is 6.20 Å². The Hall–Kier alpha value is -1.13. The molecule has 0 amide bonds. The van der Waals surface area contributed by atoms with Gasteiger partial charge < -0.3 is 10.2 Å². The molecule has 0 aliphatic carbocycles. The van der Waals surface area contributed by atoms with Crippen molar-refractivity contribution in [2.75, 3.05) is 51.2 Å². The average Bonchev–Trinajstić information content (AvgIpc) is 2.38. The van der Waals surface area contributed by atoms with Crippen LogP contribution in [0.1, 0.15) is 5.56 Å². The highest BCUT2D eigenvalue weighted by atomic mass is 15.2. The Morgan fingerprint density at radius 1 is 1.35 bits per heavy atom. The maximum absolute atomic E-state index is 4.44. The second kappa shape index (κ2) is 5.98. The monoisotopic (exact) mass is 234 g/mol. The number of hydrogen-bond donors (Lipinski definition) is 1. The summed E-state index contributed by atoms with van der Waals surface area (Å²) in [6, 6.07) is 4.21. The molecule has 0 bridgehead atoms. The number of piperazine rings is 1. The van der Waals surface area contributed by atoms with E-state index in [2.05, 4.69) is 46.2 Å². The number of rotatable bonds is 4. The van der Waals surface area contributed by atoms with E-state index in [9.17, 15) is 0 Å². The lowest BCUT2D eigenvalue weighted by Gasteiger charge is -2.29. The van der Waals surface area contributed by atoms with Crippen molar-refractivity contribution in [1.82, 2.24) is 15.2 Å². The summed E-state index contributed by atoms with van der Waals surface area (Å²) in [5, 5.41) is 3.37. The van der Waals surface area contributed by atoms with Gasteiger partial charge in [0.25, 0.3) is 0 Å². The molecule has 2 heterocycles. The average molecular weight is 234 g/mol. The number of nitrogens with zero attached hydrogens (tertiary/aromatic N) is 3. The summed E-state index contributed by atoms with van der Waals surface area (Å²) >= 11 is 0. The Labute approximate surface area is 104 Å². The minimum absolute atomic E-state index is 1.04. The molecule has 17 heavy (non-hydrogen) atoms. The number of anilines is 1. The van der Waals surface area contributed by atoms with Crippen molar-refractivity contribution in [3.8, 4) is 0 Å². The van der Waals surface area contributed by atoms with Gasteiger partial charge in [-0.3, -0.25) is 4.90 Å². The topological polar surface area (TPSA) is 31.4 Å². The zero-order valence-corrected chi connectivity index (χ0v) is 10.8. The van der Waals surface area contributed by atoms with Crippen LogP contribution in [0.2, 0.25) is 0 Å². The molecule has 4 heteroatoms. The lowest BCUT2D eigenvalue weighted by molar-refractivity contribution is 0.246. The van der Waals surface area contributed by atoms with Gasteiger partial charge >= 0.3 is 0 Å². The fraction of sp³-hybridized carbons (Fsp3) is 0.615. The summed E-state index contributed by atoms with van der Waals surface area (Å²) in [6.45, 7) is 8.78. The molecule has 0 saturated carbocycles. The minimum Gasteiger partial charge on any atom is -0.358 e. The number of aryl methyl sites for hydroxylation is 1. The summed E-state index contributed by atoms with van der Waals surface area (Å²) in [5.41, 5.74) is 1.21. The normalized spacial score (nSPS) is 17.1. The molecule has 0 spiro atoms. The van der Waals surface area contributed by atoms with Crippen molar-refractivity contribution in [1.29, 1.82) is 0 Å². The SMILES string of the molecule is Cc1ccc(N(C)CCN2CCNCC2)nc1. The van der Waals surface area contributed by atoms with Gasteiger partial charge in [-0.25, -0.2) is 4.98 Å². The molecule has 1 fully saturated rings. The second-order valence-electron chi connectivity index (χ2n) is 4.71. The second-order valence-corrected chi connectivity index (χ2v) is 4.71. The predicted molar refractivity (Wildman–Crippen MR) is 71.6 cm³/mol. The van der Waals surface area contributed by atoms with Crippen LogP contribution in [0.3, 0.4) is 0 Å². The van der Waals surface area contributed by atoms with Crippen LogP contribution < -0.4 is 10.2 Å². The molecule has 2 rings (SSSR count). The smallest absolute Gasteiger partial charge is 0.128 e. The number of nitrogens with one attached hydrogen (secondary N) is 1. The highest BCUT2D eigenvalue weighted by Gasteiger charge is 2.10. The highest BCUT2D eigenvalue weighted by Crippen LogP contribution is 2.08. The van der Waals surface area contributed by atoms with Gasteiger partial charge in [0, 0.05) is 52.5 Å². The number of aromatic nitrogens is 1. The first-order valence-corrected chi connectivity index (χ1v) is 6.32. The summed E-state index contributed by atoms with van der Waals surface area (Å²) < 4.78 is 0. The van der Waals surface area contributed by atoms with Gasteiger partial charge in [0.15, 0.2) is 0 Å². The third-order valence-corrected chi connectivity index (χ3v) is 3.25. The molecule has 4 nitrogen and oxygen atoms in total. The van der Waals surface area contributed by atoms with E-state index in [-0.39, 0.29) is 0 Å². The van der Waals surface area contributed by atoms with Crippen LogP contribution in [0.5, 0.6) is 0 Å². The van der Waals surface area contributed by atoms with Crippen molar-refractivity contribution in [3.05, 3.63) is 23.9 Å². The van der Waals surface area contributed by atoms with Crippen molar-refractivity contribution < 1.29 is 0 Å². The quantitative estimate of drug-likeness (QED) is 0.832. The van der Waals surface area contributed by atoms with Gasteiger partial charge in [0.05, 0.1) is 0 Å². The van der Waals surface area contributed by atoms with E-state index >= 15 is 0 Å². The fourth-order valence-electron chi connectivity index (χ4n) is 2.03. The summed E-state index contributed by atoms with van der Waals surface area (Å²) in [7, 11) is 2.11. The van der Waals surface area contributed by atoms with E-state index in [1.165, 1.54) is 5.56 Å². The molecule has 1 aliphatic heterocycles. The molecule has 1 aromatic rings. The van der Waals surface area contributed by atoms with Gasteiger partial charge in [-0.05, 0) is 18.6 Å². The molecule has 1 saturated heterocycles. The molecule has 0 aromatic carbocycles. The maximum Gasteiger partial charge on any atom is 0.128 e. The Balaban J connectivity index is 1.80. The van der Waals surface area contributed by atoms with Crippen LogP contribution in [0, 0.1) is 6.92 Å². The van der Waals surface area contributed by atoms with Crippen molar-refractivity contribution >= 4 is 5.82 Å². The van der Waals surface area contributed by atoms with Crippen LogP contribution in [-0.4, -0.2) is 56.2 Å². The highest BCUT2D eigenvalue weighted by molar-refractivity contribution is 5.37. The van der Waals surface area contributed by atoms with Gasteiger partial charge in [-0.15, -0.1) is 0 Å². The van der Waals surface area contributed by atoms with Crippen molar-refractivity contribution in [2.24, 2.45) is 0 Å². The third kappa shape index (κ3) is 3.68. The zero-order valence-electron chi connectivity index (χ0n) is 10.8. The molecule has 0 atom stereocenters. The number of hydrogen-bond acceptors (Lipinski definition) is 4. The van der Waals surface area contributed by atoms with Crippen LogP contribution in [0.25, 0.3) is 0 Å². The standard InChI is InChI=1S/C13H22N4/c1-12-3-4-13(15-11-12)16(2)9-10-17-7-5-14-6-8-17/h3-4,11,14H,5-10H2,1-2H3.